The number of halogens is 1. The summed E-state index contributed by atoms with van der Waals surface area (Å²) in [6.45, 7) is 5.44. The van der Waals surface area contributed by atoms with E-state index in [4.69, 9.17) is 21.6 Å². The van der Waals surface area contributed by atoms with Crippen molar-refractivity contribution >= 4 is 51.9 Å². The standard InChI is InChI=1S/C41H46ClN9O4/c42-34-24-32(7-4-28(34)25-43)55-31-8-5-29(6-9-31)44-40(53)35-10-11-38(47-46-35)49-20-12-27(13-21-49)26-48-18-14-30(15-19-48)50-22-16-33-36(50)2-1-3-37(33)51-23-17-39(52)45-41(51)54/h1-4,7,10-11,16,22,24,27,29-31H,5-6,8-9,12-15,17-21,23,26H2,(H,44,53)(H,45,52,54). The highest BCUT2D eigenvalue weighted by molar-refractivity contribution is 6.31. The Kier molecular flexibility index (Phi) is 10.9. The second-order valence-corrected chi connectivity index (χ2v) is 15.7. The van der Waals surface area contributed by atoms with Gasteiger partial charge >= 0.3 is 6.03 Å². The normalized spacial score (nSPS) is 21.7. The lowest BCUT2D eigenvalue weighted by Crippen LogP contribution is -2.49. The maximum atomic E-state index is 13.0. The number of anilines is 2. The highest BCUT2D eigenvalue weighted by Gasteiger charge is 2.30. The average molecular weight is 764 g/mol. The molecule has 0 radical (unpaired) electrons. The molecule has 286 valence electrons. The van der Waals surface area contributed by atoms with Gasteiger partial charge in [-0.1, -0.05) is 17.7 Å². The minimum Gasteiger partial charge on any atom is -0.490 e. The Balaban J connectivity index is 0.760. The van der Waals surface area contributed by atoms with Crippen LogP contribution in [0.4, 0.5) is 16.3 Å². The number of nitrogens with one attached hydrogen (secondary N) is 2. The van der Waals surface area contributed by atoms with E-state index in [0.29, 0.717) is 47.0 Å². The van der Waals surface area contributed by atoms with E-state index in [2.05, 4.69) is 59.6 Å². The fourth-order valence-electron chi connectivity index (χ4n) is 8.66. The summed E-state index contributed by atoms with van der Waals surface area (Å²) >= 11 is 6.15. The maximum absolute atomic E-state index is 13.0. The first-order valence-electron chi connectivity index (χ1n) is 19.5. The summed E-state index contributed by atoms with van der Waals surface area (Å²) < 4.78 is 8.46. The maximum Gasteiger partial charge on any atom is 0.328 e. The molecule has 4 aromatic rings. The number of nitrogens with zero attached hydrogens (tertiary/aromatic N) is 7. The molecule has 2 N–H and O–H groups in total. The van der Waals surface area contributed by atoms with Crippen LogP contribution in [0.5, 0.6) is 5.75 Å². The highest BCUT2D eigenvalue weighted by atomic mass is 35.5. The quantitative estimate of drug-likeness (QED) is 0.207. The van der Waals surface area contributed by atoms with Crippen LogP contribution < -0.4 is 25.2 Å². The number of aromatic nitrogens is 3. The molecule has 0 unspecified atom stereocenters. The van der Waals surface area contributed by atoms with E-state index >= 15 is 0 Å². The van der Waals surface area contributed by atoms with Crippen LogP contribution in [0, 0.1) is 17.2 Å². The van der Waals surface area contributed by atoms with E-state index in [-0.39, 0.29) is 30.0 Å². The number of nitriles is 1. The van der Waals surface area contributed by atoms with Gasteiger partial charge in [0.05, 0.1) is 27.9 Å². The van der Waals surface area contributed by atoms with E-state index in [1.165, 1.54) is 0 Å². The Hall–Kier alpha value is -5.19. The summed E-state index contributed by atoms with van der Waals surface area (Å²) in [4.78, 5) is 43.8. The minimum atomic E-state index is -0.354. The van der Waals surface area contributed by atoms with Gasteiger partial charge in [0.2, 0.25) is 5.91 Å². The Morgan fingerprint density at radius 1 is 0.927 bits per heavy atom. The zero-order valence-corrected chi connectivity index (χ0v) is 31.6. The van der Waals surface area contributed by atoms with Gasteiger partial charge in [-0.3, -0.25) is 19.8 Å². The molecule has 1 saturated carbocycles. The minimum absolute atomic E-state index is 0.0351. The molecule has 2 aromatic heterocycles. The van der Waals surface area contributed by atoms with E-state index < -0.39 is 0 Å². The zero-order chi connectivity index (χ0) is 37.9. The van der Waals surface area contributed by atoms with Crippen molar-refractivity contribution in [1.29, 1.82) is 5.26 Å². The summed E-state index contributed by atoms with van der Waals surface area (Å²) in [6.07, 6.45) is 10.1. The second kappa shape index (κ2) is 16.3. The summed E-state index contributed by atoms with van der Waals surface area (Å²) in [5.74, 6) is 1.67. The molecule has 0 bridgehead atoms. The number of carbonyl (C=O) groups is 3. The topological polar surface area (TPSA) is 149 Å². The monoisotopic (exact) mass is 763 g/mol. The number of imide groups is 1. The molecule has 1 aliphatic carbocycles. The molecule has 13 nitrogen and oxygen atoms in total. The van der Waals surface area contributed by atoms with Gasteiger partial charge in [0, 0.05) is 75.4 Å². The number of carbonyl (C=O) groups excluding carboxylic acids is 3. The van der Waals surface area contributed by atoms with E-state index in [0.717, 1.165) is 106 Å². The number of likely N-dealkylation sites (tertiary alicyclic amines) is 1. The molecular weight excluding hydrogens is 718 g/mol. The van der Waals surface area contributed by atoms with Crippen LogP contribution in [0.1, 0.15) is 79.9 Å². The molecule has 8 rings (SSSR count). The first-order valence-corrected chi connectivity index (χ1v) is 19.9. The molecule has 14 heteroatoms. The summed E-state index contributed by atoms with van der Waals surface area (Å²) in [5, 5.41) is 24.8. The van der Waals surface area contributed by atoms with Gasteiger partial charge in [-0.15, -0.1) is 10.2 Å². The van der Waals surface area contributed by atoms with Crippen molar-refractivity contribution in [2.24, 2.45) is 5.92 Å². The molecule has 0 spiro atoms. The number of amides is 4. The molecule has 4 aliphatic rings. The van der Waals surface area contributed by atoms with Gasteiger partial charge in [0.1, 0.15) is 11.8 Å². The van der Waals surface area contributed by atoms with Crippen LogP contribution in [0.25, 0.3) is 10.9 Å². The molecule has 3 saturated heterocycles. The Bertz CT molecular complexity index is 2080. The first-order chi connectivity index (χ1) is 26.8. The summed E-state index contributed by atoms with van der Waals surface area (Å²) in [5.41, 5.74) is 2.73. The third kappa shape index (κ3) is 8.26. The third-order valence-electron chi connectivity index (χ3n) is 11.7. The average Bonchev–Trinajstić information content (AvgIpc) is 3.64. The number of rotatable bonds is 9. The van der Waals surface area contributed by atoms with Gasteiger partial charge in [0.15, 0.2) is 11.5 Å². The Morgan fingerprint density at radius 2 is 1.73 bits per heavy atom. The summed E-state index contributed by atoms with van der Waals surface area (Å²) in [7, 11) is 0. The third-order valence-corrected chi connectivity index (χ3v) is 12.1. The lowest BCUT2D eigenvalue weighted by Gasteiger charge is -2.38. The van der Waals surface area contributed by atoms with Crippen LogP contribution in [0.3, 0.4) is 0 Å². The van der Waals surface area contributed by atoms with Gasteiger partial charge in [-0.2, -0.15) is 5.26 Å². The van der Waals surface area contributed by atoms with Crippen molar-refractivity contribution in [3.63, 3.8) is 0 Å². The van der Waals surface area contributed by atoms with Crippen molar-refractivity contribution in [2.75, 3.05) is 49.1 Å². The number of urea groups is 1. The summed E-state index contributed by atoms with van der Waals surface area (Å²) in [6, 6.07) is 19.2. The molecule has 2 aromatic carbocycles. The highest BCUT2D eigenvalue weighted by Crippen LogP contribution is 2.34. The number of fused-ring (bicyclic) bond motifs is 1. The van der Waals surface area contributed by atoms with Crippen molar-refractivity contribution in [3.8, 4) is 11.8 Å². The van der Waals surface area contributed by atoms with Crippen LogP contribution >= 0.6 is 11.6 Å². The Labute approximate surface area is 325 Å². The van der Waals surface area contributed by atoms with E-state index in [1.807, 2.05) is 18.2 Å². The lowest BCUT2D eigenvalue weighted by atomic mass is 9.92. The molecule has 0 atom stereocenters. The van der Waals surface area contributed by atoms with Gasteiger partial charge in [-0.05, 0) is 99.7 Å². The van der Waals surface area contributed by atoms with Gasteiger partial charge < -0.3 is 24.4 Å². The van der Waals surface area contributed by atoms with E-state index in [9.17, 15) is 14.4 Å². The van der Waals surface area contributed by atoms with Crippen molar-refractivity contribution in [1.82, 2.24) is 30.3 Å². The Morgan fingerprint density at radius 3 is 2.44 bits per heavy atom. The molecular formula is C41H46ClN9O4. The smallest absolute Gasteiger partial charge is 0.328 e. The number of piperidine rings is 2. The van der Waals surface area contributed by atoms with Gasteiger partial charge in [0.25, 0.3) is 5.91 Å². The second-order valence-electron chi connectivity index (χ2n) is 15.2. The fraction of sp³-hybridized carbons (Fsp3) is 0.463. The number of hydrogen-bond donors (Lipinski definition) is 2. The molecule has 4 fully saturated rings. The molecule has 5 heterocycles. The predicted molar refractivity (Wildman–Crippen MR) is 209 cm³/mol. The molecule has 4 amide bonds. The zero-order valence-electron chi connectivity index (χ0n) is 30.8. The van der Waals surface area contributed by atoms with Gasteiger partial charge in [-0.25, -0.2) is 4.79 Å². The number of hydrogen-bond acceptors (Lipinski definition) is 9. The first kappa shape index (κ1) is 36.8. The van der Waals surface area contributed by atoms with Crippen molar-refractivity contribution in [3.05, 3.63) is 77.1 Å². The SMILES string of the molecule is N#Cc1ccc(OC2CCC(NC(=O)c3ccc(N4CCC(CN5CCC(n6ccc7c(N8CCC(=O)NC8=O)cccc76)CC5)CC4)nn3)CC2)cc1Cl. The number of ether oxygens (including phenoxy) is 1. The molecule has 3 aliphatic heterocycles. The van der Waals surface area contributed by atoms with Crippen LogP contribution in [0.15, 0.2) is 60.8 Å². The van der Waals surface area contributed by atoms with Crippen LogP contribution in [0.2, 0.25) is 5.02 Å². The lowest BCUT2D eigenvalue weighted by molar-refractivity contribution is -0.120. The van der Waals surface area contributed by atoms with Crippen molar-refractivity contribution < 1.29 is 19.1 Å². The number of benzene rings is 2. The van der Waals surface area contributed by atoms with Crippen molar-refractivity contribution in [2.45, 2.75) is 76.0 Å². The van der Waals surface area contributed by atoms with Crippen LogP contribution in [-0.2, 0) is 4.79 Å². The largest absolute Gasteiger partial charge is 0.490 e. The molecule has 55 heavy (non-hydrogen) atoms. The fourth-order valence-corrected chi connectivity index (χ4v) is 8.87. The van der Waals surface area contributed by atoms with E-state index in [1.54, 1.807) is 29.2 Å². The van der Waals surface area contributed by atoms with Crippen LogP contribution in [-0.4, -0.2) is 88.9 Å². The predicted octanol–water partition coefficient (Wildman–Crippen LogP) is 6.08.